The van der Waals surface area contributed by atoms with Gasteiger partial charge >= 0.3 is 6.18 Å². The van der Waals surface area contributed by atoms with E-state index in [4.69, 9.17) is 4.74 Å². The Kier molecular flexibility index (Phi) is 5.16. The van der Waals surface area contributed by atoms with Crippen LogP contribution in [0.25, 0.3) is 0 Å². The zero-order valence-corrected chi connectivity index (χ0v) is 13.5. The summed E-state index contributed by atoms with van der Waals surface area (Å²) in [6.45, 7) is 3.33. The molecule has 0 atom stereocenters. The number of halogens is 3. The molecular formula is C16H18F3N3O2. The molecule has 0 radical (unpaired) electrons. The summed E-state index contributed by atoms with van der Waals surface area (Å²) in [4.78, 5) is 12.0. The number of alkyl halides is 3. The van der Waals surface area contributed by atoms with E-state index in [-0.39, 0.29) is 30.2 Å². The van der Waals surface area contributed by atoms with E-state index in [0.29, 0.717) is 5.69 Å². The highest BCUT2D eigenvalue weighted by atomic mass is 19.4. The number of ether oxygens (including phenoxy) is 1. The van der Waals surface area contributed by atoms with E-state index in [1.54, 1.807) is 13.8 Å². The van der Waals surface area contributed by atoms with E-state index in [1.807, 2.05) is 0 Å². The number of hydrogen-bond donors (Lipinski definition) is 2. The second-order valence-electron chi connectivity index (χ2n) is 5.39. The molecule has 2 aromatic rings. The highest BCUT2D eigenvalue weighted by molar-refractivity contribution is 5.79. The summed E-state index contributed by atoms with van der Waals surface area (Å²) in [6.07, 6.45) is -4.46. The van der Waals surface area contributed by atoms with E-state index in [1.165, 1.54) is 19.2 Å². The van der Waals surface area contributed by atoms with Crippen LogP contribution >= 0.6 is 0 Å². The molecule has 5 nitrogen and oxygen atoms in total. The van der Waals surface area contributed by atoms with Crippen LogP contribution in [-0.4, -0.2) is 23.2 Å². The summed E-state index contributed by atoms with van der Waals surface area (Å²) in [5.74, 6) is -0.256. The average molecular weight is 341 g/mol. The number of nitrogens with one attached hydrogen (secondary N) is 2. The molecule has 0 fully saturated rings. The summed E-state index contributed by atoms with van der Waals surface area (Å²) in [5.41, 5.74) is 1.37. The van der Waals surface area contributed by atoms with Gasteiger partial charge in [-0.1, -0.05) is 6.07 Å². The lowest BCUT2D eigenvalue weighted by atomic mass is 10.1. The lowest BCUT2D eigenvalue weighted by molar-refractivity contribution is -0.138. The maximum atomic E-state index is 13.1. The van der Waals surface area contributed by atoms with Gasteiger partial charge in [0.1, 0.15) is 5.75 Å². The lowest BCUT2D eigenvalue weighted by Gasteiger charge is -2.15. The molecule has 2 N–H and O–H groups in total. The van der Waals surface area contributed by atoms with Gasteiger partial charge in [-0.25, -0.2) is 0 Å². The normalized spacial score (nSPS) is 11.4. The third-order valence-electron chi connectivity index (χ3n) is 3.72. The number of amides is 1. The van der Waals surface area contributed by atoms with Crippen LogP contribution in [-0.2, 0) is 23.9 Å². The second-order valence-corrected chi connectivity index (χ2v) is 5.39. The Morgan fingerprint density at radius 2 is 2.04 bits per heavy atom. The van der Waals surface area contributed by atoms with Gasteiger partial charge in [0.2, 0.25) is 5.91 Å². The first-order valence-electron chi connectivity index (χ1n) is 7.23. The number of aryl methyl sites for hydroxylation is 2. The Labute approximate surface area is 137 Å². The van der Waals surface area contributed by atoms with Gasteiger partial charge in [-0.3, -0.25) is 9.89 Å². The van der Waals surface area contributed by atoms with Crippen LogP contribution in [0.3, 0.4) is 0 Å². The van der Waals surface area contributed by atoms with Gasteiger partial charge in [0.25, 0.3) is 0 Å². The lowest BCUT2D eigenvalue weighted by Crippen LogP contribution is -2.26. The molecule has 24 heavy (non-hydrogen) atoms. The number of aromatic nitrogens is 2. The molecule has 0 bridgehead atoms. The summed E-state index contributed by atoms with van der Waals surface area (Å²) in [6, 6.07) is 3.66. The first-order chi connectivity index (χ1) is 11.2. The number of H-pyrrole nitrogens is 1. The molecule has 0 spiro atoms. The molecular weight excluding hydrogens is 323 g/mol. The smallest absolute Gasteiger partial charge is 0.416 e. The van der Waals surface area contributed by atoms with Gasteiger partial charge in [0.15, 0.2) is 0 Å². The van der Waals surface area contributed by atoms with Crippen molar-refractivity contribution in [2.75, 3.05) is 7.11 Å². The summed E-state index contributed by atoms with van der Waals surface area (Å²) >= 11 is 0. The molecule has 1 heterocycles. The molecule has 8 heteroatoms. The van der Waals surface area contributed by atoms with Crippen LogP contribution < -0.4 is 10.1 Å². The number of aromatic amines is 1. The van der Waals surface area contributed by atoms with Crippen LogP contribution in [0.5, 0.6) is 5.75 Å². The second kappa shape index (κ2) is 6.94. The summed E-state index contributed by atoms with van der Waals surface area (Å²) in [5, 5.41) is 9.27. The fourth-order valence-electron chi connectivity index (χ4n) is 2.35. The molecule has 0 aliphatic carbocycles. The van der Waals surface area contributed by atoms with Crippen molar-refractivity contribution >= 4 is 5.91 Å². The number of hydrogen-bond acceptors (Lipinski definition) is 3. The molecule has 130 valence electrons. The molecule has 0 aliphatic heterocycles. The standard InChI is InChI=1S/C16H18F3N3O2/c1-9-13(10(2)22-21-9)7-15(23)20-8-11-4-5-12(24-3)6-14(11)16(17,18)19/h4-6H,7-8H2,1-3H3,(H,20,23)(H,21,22). The van der Waals surface area contributed by atoms with Crippen LogP contribution in [0, 0.1) is 13.8 Å². The number of rotatable bonds is 5. The van der Waals surface area contributed by atoms with Crippen molar-refractivity contribution in [3.8, 4) is 5.75 Å². The van der Waals surface area contributed by atoms with Crippen LogP contribution in [0.4, 0.5) is 13.2 Å². The Bertz CT molecular complexity index is 719. The maximum absolute atomic E-state index is 13.1. The van der Waals surface area contributed by atoms with Gasteiger partial charge in [0.05, 0.1) is 24.8 Å². The highest BCUT2D eigenvalue weighted by Crippen LogP contribution is 2.34. The van der Waals surface area contributed by atoms with Crippen molar-refractivity contribution < 1.29 is 22.7 Å². The molecule has 0 saturated carbocycles. The molecule has 0 saturated heterocycles. The van der Waals surface area contributed by atoms with Gasteiger partial charge < -0.3 is 10.1 Å². The van der Waals surface area contributed by atoms with E-state index in [0.717, 1.165) is 17.3 Å². The van der Waals surface area contributed by atoms with Gasteiger partial charge in [-0.05, 0) is 31.5 Å². The van der Waals surface area contributed by atoms with Crippen molar-refractivity contribution in [3.05, 3.63) is 46.3 Å². The third-order valence-corrected chi connectivity index (χ3v) is 3.72. The topological polar surface area (TPSA) is 67.0 Å². The number of carbonyl (C=O) groups excluding carboxylic acids is 1. The first-order valence-corrected chi connectivity index (χ1v) is 7.23. The molecule has 0 aliphatic rings. The van der Waals surface area contributed by atoms with Gasteiger partial charge in [-0.2, -0.15) is 18.3 Å². The van der Waals surface area contributed by atoms with Gasteiger partial charge in [0, 0.05) is 17.8 Å². The minimum atomic E-state index is -4.52. The van der Waals surface area contributed by atoms with E-state index < -0.39 is 11.7 Å². The molecule has 0 unspecified atom stereocenters. The number of nitrogens with zero attached hydrogens (tertiary/aromatic N) is 1. The minimum Gasteiger partial charge on any atom is -0.497 e. The van der Waals surface area contributed by atoms with Crippen molar-refractivity contribution in [1.82, 2.24) is 15.5 Å². The number of carbonyl (C=O) groups is 1. The zero-order valence-electron chi connectivity index (χ0n) is 13.5. The van der Waals surface area contributed by atoms with Crippen molar-refractivity contribution in [2.45, 2.75) is 33.0 Å². The van der Waals surface area contributed by atoms with Crippen molar-refractivity contribution in [2.24, 2.45) is 0 Å². The predicted molar refractivity (Wildman–Crippen MR) is 81.6 cm³/mol. The van der Waals surface area contributed by atoms with Crippen LogP contribution in [0.2, 0.25) is 0 Å². The highest BCUT2D eigenvalue weighted by Gasteiger charge is 2.33. The summed E-state index contributed by atoms with van der Waals surface area (Å²) in [7, 11) is 1.30. The van der Waals surface area contributed by atoms with Crippen molar-refractivity contribution in [3.63, 3.8) is 0 Å². The SMILES string of the molecule is COc1ccc(CNC(=O)Cc2c(C)n[nH]c2C)c(C(F)(F)F)c1. The summed E-state index contributed by atoms with van der Waals surface area (Å²) < 4.78 is 44.2. The Morgan fingerprint density at radius 1 is 1.33 bits per heavy atom. The largest absolute Gasteiger partial charge is 0.497 e. The Morgan fingerprint density at radius 3 is 2.58 bits per heavy atom. The number of benzene rings is 1. The maximum Gasteiger partial charge on any atom is 0.416 e. The molecule has 1 aromatic heterocycles. The minimum absolute atomic E-state index is 0.0164. The zero-order chi connectivity index (χ0) is 17.9. The van der Waals surface area contributed by atoms with E-state index >= 15 is 0 Å². The Hall–Kier alpha value is -2.51. The van der Waals surface area contributed by atoms with Crippen LogP contribution in [0.1, 0.15) is 28.1 Å². The predicted octanol–water partition coefficient (Wildman–Crippen LogP) is 2.91. The van der Waals surface area contributed by atoms with E-state index in [2.05, 4.69) is 15.5 Å². The average Bonchev–Trinajstić information content (AvgIpc) is 2.83. The molecule has 1 amide bonds. The Balaban J connectivity index is 2.10. The number of methoxy groups -OCH3 is 1. The molecule has 1 aromatic carbocycles. The van der Waals surface area contributed by atoms with Gasteiger partial charge in [-0.15, -0.1) is 0 Å². The fraction of sp³-hybridized carbons (Fsp3) is 0.375. The van der Waals surface area contributed by atoms with E-state index in [9.17, 15) is 18.0 Å². The fourth-order valence-corrected chi connectivity index (χ4v) is 2.35. The van der Waals surface area contributed by atoms with Crippen LogP contribution in [0.15, 0.2) is 18.2 Å². The third kappa shape index (κ3) is 4.06. The molecule has 2 rings (SSSR count). The van der Waals surface area contributed by atoms with Crippen molar-refractivity contribution in [1.29, 1.82) is 0 Å². The monoisotopic (exact) mass is 341 g/mol. The first kappa shape index (κ1) is 17.8. The quantitative estimate of drug-likeness (QED) is 0.879.